The van der Waals surface area contributed by atoms with Crippen LogP contribution in [0.25, 0.3) is 0 Å². The lowest BCUT2D eigenvalue weighted by Crippen LogP contribution is -2.44. The highest BCUT2D eigenvalue weighted by atomic mass is 19.4. The van der Waals surface area contributed by atoms with E-state index in [1.165, 1.54) is 12.5 Å². The summed E-state index contributed by atoms with van der Waals surface area (Å²) in [7, 11) is 0. The normalized spacial score (nSPS) is 25.8. The number of hydrogen-bond donors (Lipinski definition) is 1. The molecule has 1 fully saturated rings. The average Bonchev–Trinajstić information content (AvgIpc) is 2.43. The van der Waals surface area contributed by atoms with Gasteiger partial charge in [0.05, 0.1) is 12.0 Å². The maximum atomic E-state index is 12.7. The van der Waals surface area contributed by atoms with Gasteiger partial charge in [0.25, 0.3) is 0 Å². The molecule has 0 aromatic heterocycles. The summed E-state index contributed by atoms with van der Waals surface area (Å²) in [6.45, 7) is 4.30. The van der Waals surface area contributed by atoms with Gasteiger partial charge in [0.2, 0.25) is 5.91 Å². The summed E-state index contributed by atoms with van der Waals surface area (Å²) in [5.41, 5.74) is -0.318. The number of hydrogen-bond acceptors (Lipinski definition) is 1. The number of alkyl halides is 3. The van der Waals surface area contributed by atoms with Gasteiger partial charge in [0.15, 0.2) is 0 Å². The van der Waals surface area contributed by atoms with Gasteiger partial charge in [0.1, 0.15) is 0 Å². The molecule has 22 heavy (non-hydrogen) atoms. The zero-order chi connectivity index (χ0) is 16.3. The standard InChI is InChI=1S/C17H22F3NO/c1-11-5-3-8-15(12(11)2)21-16(22)10-13-6-4-7-14(9-13)17(18,19)20/h4,6-7,9,11-12,15H,3,5,8,10H2,1-2H3,(H,21,22). The van der Waals surface area contributed by atoms with Gasteiger partial charge in [-0.2, -0.15) is 13.2 Å². The SMILES string of the molecule is CC1CCCC(NC(=O)Cc2cccc(C(F)(F)F)c2)C1C. The predicted molar refractivity (Wildman–Crippen MR) is 79.3 cm³/mol. The van der Waals surface area contributed by atoms with Crippen molar-refractivity contribution >= 4 is 5.91 Å². The number of carbonyl (C=O) groups excluding carboxylic acids is 1. The number of benzene rings is 1. The first-order chi connectivity index (χ1) is 10.3. The van der Waals surface area contributed by atoms with E-state index in [9.17, 15) is 18.0 Å². The zero-order valence-corrected chi connectivity index (χ0v) is 12.9. The molecule has 2 rings (SSSR count). The summed E-state index contributed by atoms with van der Waals surface area (Å²) in [4.78, 5) is 12.1. The van der Waals surface area contributed by atoms with Crippen molar-refractivity contribution in [2.45, 2.75) is 51.7 Å². The van der Waals surface area contributed by atoms with Crippen molar-refractivity contribution in [2.75, 3.05) is 0 Å². The maximum absolute atomic E-state index is 12.7. The van der Waals surface area contributed by atoms with Crippen LogP contribution in [0.15, 0.2) is 24.3 Å². The number of carbonyl (C=O) groups is 1. The van der Waals surface area contributed by atoms with Crippen molar-refractivity contribution in [3.8, 4) is 0 Å². The molecule has 1 aromatic carbocycles. The Balaban J connectivity index is 1.97. The lowest BCUT2D eigenvalue weighted by atomic mass is 9.78. The van der Waals surface area contributed by atoms with E-state index in [1.54, 1.807) is 6.07 Å². The van der Waals surface area contributed by atoms with Gasteiger partial charge < -0.3 is 5.32 Å². The van der Waals surface area contributed by atoms with Crippen LogP contribution in [-0.4, -0.2) is 11.9 Å². The Hall–Kier alpha value is -1.52. The maximum Gasteiger partial charge on any atom is 0.416 e. The van der Waals surface area contributed by atoms with Crippen LogP contribution in [0.1, 0.15) is 44.2 Å². The lowest BCUT2D eigenvalue weighted by Gasteiger charge is -2.34. The van der Waals surface area contributed by atoms with Crippen LogP contribution in [0.5, 0.6) is 0 Å². The third kappa shape index (κ3) is 4.24. The molecule has 1 aliphatic carbocycles. The first-order valence-corrected chi connectivity index (χ1v) is 7.73. The van der Waals surface area contributed by atoms with E-state index in [2.05, 4.69) is 19.2 Å². The Morgan fingerprint density at radius 1 is 1.27 bits per heavy atom. The smallest absolute Gasteiger partial charge is 0.353 e. The molecule has 0 bridgehead atoms. The van der Waals surface area contributed by atoms with Crippen LogP contribution in [0, 0.1) is 11.8 Å². The topological polar surface area (TPSA) is 29.1 Å². The van der Waals surface area contributed by atoms with Crippen LogP contribution in [0.3, 0.4) is 0 Å². The second-order valence-corrected chi connectivity index (χ2v) is 6.32. The van der Waals surface area contributed by atoms with Crippen LogP contribution in [-0.2, 0) is 17.4 Å². The molecule has 3 atom stereocenters. The van der Waals surface area contributed by atoms with Gasteiger partial charge in [-0.1, -0.05) is 44.9 Å². The van der Waals surface area contributed by atoms with Crippen molar-refractivity contribution in [2.24, 2.45) is 11.8 Å². The monoisotopic (exact) mass is 313 g/mol. The summed E-state index contributed by atoms with van der Waals surface area (Å²) in [5, 5.41) is 2.99. The zero-order valence-electron chi connectivity index (χ0n) is 12.9. The minimum Gasteiger partial charge on any atom is -0.353 e. The molecule has 0 heterocycles. The minimum absolute atomic E-state index is 0.0124. The molecule has 1 amide bonds. The minimum atomic E-state index is -4.38. The van der Waals surface area contributed by atoms with Crippen LogP contribution >= 0.6 is 0 Å². The third-order valence-corrected chi connectivity index (χ3v) is 4.67. The van der Waals surface area contributed by atoms with Gasteiger partial charge in [-0.05, 0) is 29.9 Å². The Labute approximate surface area is 129 Å². The second kappa shape index (κ2) is 6.71. The molecule has 0 saturated heterocycles. The largest absolute Gasteiger partial charge is 0.416 e. The second-order valence-electron chi connectivity index (χ2n) is 6.32. The molecule has 0 aliphatic heterocycles. The Morgan fingerprint density at radius 3 is 2.68 bits per heavy atom. The molecule has 3 unspecified atom stereocenters. The molecule has 0 radical (unpaired) electrons. The van der Waals surface area contributed by atoms with Gasteiger partial charge >= 0.3 is 6.18 Å². The van der Waals surface area contributed by atoms with Crippen molar-refractivity contribution in [3.63, 3.8) is 0 Å². The van der Waals surface area contributed by atoms with E-state index in [-0.39, 0.29) is 18.4 Å². The van der Waals surface area contributed by atoms with E-state index in [0.717, 1.165) is 25.0 Å². The van der Waals surface area contributed by atoms with Crippen molar-refractivity contribution in [1.82, 2.24) is 5.32 Å². The first-order valence-electron chi connectivity index (χ1n) is 7.73. The van der Waals surface area contributed by atoms with Gasteiger partial charge in [-0.15, -0.1) is 0 Å². The molecule has 1 aliphatic rings. The summed E-state index contributed by atoms with van der Waals surface area (Å²) >= 11 is 0. The van der Waals surface area contributed by atoms with Crippen LogP contribution < -0.4 is 5.32 Å². The highest BCUT2D eigenvalue weighted by Gasteiger charge is 2.31. The quantitative estimate of drug-likeness (QED) is 0.891. The van der Waals surface area contributed by atoms with Crippen molar-refractivity contribution < 1.29 is 18.0 Å². The molecule has 0 spiro atoms. The molecule has 122 valence electrons. The molecule has 1 N–H and O–H groups in total. The fraction of sp³-hybridized carbons (Fsp3) is 0.588. The first kappa shape index (κ1) is 16.8. The highest BCUT2D eigenvalue weighted by molar-refractivity contribution is 5.79. The number of amides is 1. The Morgan fingerprint density at radius 2 is 2.00 bits per heavy atom. The van der Waals surface area contributed by atoms with E-state index in [4.69, 9.17) is 0 Å². The van der Waals surface area contributed by atoms with Gasteiger partial charge in [0, 0.05) is 6.04 Å². The lowest BCUT2D eigenvalue weighted by molar-refractivity contribution is -0.137. The highest BCUT2D eigenvalue weighted by Crippen LogP contribution is 2.30. The van der Waals surface area contributed by atoms with Gasteiger partial charge in [-0.25, -0.2) is 0 Å². The van der Waals surface area contributed by atoms with Crippen molar-refractivity contribution in [3.05, 3.63) is 35.4 Å². The van der Waals surface area contributed by atoms with Crippen LogP contribution in [0.2, 0.25) is 0 Å². The summed E-state index contributed by atoms with van der Waals surface area (Å²) < 4.78 is 38.0. The molecule has 1 saturated carbocycles. The van der Waals surface area contributed by atoms with E-state index in [1.807, 2.05) is 0 Å². The third-order valence-electron chi connectivity index (χ3n) is 4.67. The number of nitrogens with one attached hydrogen (secondary N) is 1. The molecule has 5 heteroatoms. The molecular weight excluding hydrogens is 291 g/mol. The van der Waals surface area contributed by atoms with E-state index < -0.39 is 11.7 Å². The Kier molecular flexibility index (Phi) is 5.14. The van der Waals surface area contributed by atoms with Crippen molar-refractivity contribution in [1.29, 1.82) is 0 Å². The van der Waals surface area contributed by atoms with E-state index >= 15 is 0 Å². The number of halogens is 3. The average molecular weight is 313 g/mol. The fourth-order valence-corrected chi connectivity index (χ4v) is 3.09. The van der Waals surface area contributed by atoms with E-state index in [0.29, 0.717) is 17.4 Å². The molecule has 2 nitrogen and oxygen atoms in total. The van der Waals surface area contributed by atoms with Gasteiger partial charge in [-0.3, -0.25) is 4.79 Å². The summed E-state index contributed by atoms with van der Waals surface area (Å²) in [6.07, 6.45) is -1.19. The van der Waals surface area contributed by atoms with Crippen LogP contribution in [0.4, 0.5) is 13.2 Å². The Bertz CT molecular complexity index is 527. The predicted octanol–water partition coefficient (Wildman–Crippen LogP) is 4.19. The molecule has 1 aromatic rings. The summed E-state index contributed by atoms with van der Waals surface area (Å²) in [5.74, 6) is 0.761. The number of rotatable bonds is 3. The molecular formula is C17H22F3NO. The summed E-state index contributed by atoms with van der Waals surface area (Å²) in [6, 6.07) is 5.10. The fourth-order valence-electron chi connectivity index (χ4n) is 3.09.